The molecule has 0 unspecified atom stereocenters. The molecule has 0 amide bonds. The van der Waals surface area contributed by atoms with Crippen molar-refractivity contribution in [2.75, 3.05) is 9.80 Å². The molecule has 64 heavy (non-hydrogen) atoms. The highest BCUT2D eigenvalue weighted by Crippen LogP contribution is 2.60. The second-order valence-electron chi connectivity index (χ2n) is 19.7. The summed E-state index contributed by atoms with van der Waals surface area (Å²) in [6.07, 6.45) is 14.3. The molecule has 0 aliphatic heterocycles. The lowest BCUT2D eigenvalue weighted by Crippen LogP contribution is -2.21. The van der Waals surface area contributed by atoms with Crippen LogP contribution in [-0.4, -0.2) is 0 Å². The molecular formula is C62H52N2. The molecular weight excluding hydrogens is 773 g/mol. The van der Waals surface area contributed by atoms with Crippen LogP contribution in [0.5, 0.6) is 0 Å². The number of hydrogen-bond acceptors (Lipinski definition) is 2. The highest BCUT2D eigenvalue weighted by atomic mass is 15.1. The maximum Gasteiger partial charge on any atom is 0.0467 e. The molecule has 0 aromatic heterocycles. The Balaban J connectivity index is 0.877. The highest BCUT2D eigenvalue weighted by molar-refractivity contribution is 5.91. The van der Waals surface area contributed by atoms with E-state index in [4.69, 9.17) is 0 Å². The van der Waals surface area contributed by atoms with Crippen molar-refractivity contribution in [2.24, 2.45) is 0 Å². The Kier molecular flexibility index (Phi) is 8.01. The molecule has 2 heteroatoms. The fourth-order valence-corrected chi connectivity index (χ4v) is 14.0. The largest absolute Gasteiger partial charge is 0.310 e. The Morgan fingerprint density at radius 1 is 0.281 bits per heavy atom. The lowest BCUT2D eigenvalue weighted by molar-refractivity contribution is 0.550. The minimum absolute atomic E-state index is 0.131. The van der Waals surface area contributed by atoms with Crippen LogP contribution >= 0.6 is 0 Å². The standard InChI is InChI=1S/C62H52N2/c1-3-15-45(16-4-1)63(47-27-29-53-51-19-7-9-21-55(51)61(57(53)39-47)31-11-12-32-61)49-35-41-23-25-43-37-50(38-44-26-24-42(36-49)59(41)60(43)44)64(46-17-5-2-6-18-46)48-28-30-54-52-20-8-10-22-56(52)62(58(54)40-48)33-13-14-34-62/h1-10,15-22,27-30,35-40H,11-14,23-26,31-34H2. The summed E-state index contributed by atoms with van der Waals surface area (Å²) < 4.78 is 0. The van der Waals surface area contributed by atoms with E-state index in [1.165, 1.54) is 152 Å². The van der Waals surface area contributed by atoms with Crippen LogP contribution in [0.15, 0.2) is 170 Å². The molecule has 2 saturated carbocycles. The lowest BCUT2D eigenvalue weighted by Gasteiger charge is -2.35. The monoisotopic (exact) mass is 824 g/mol. The third-order valence-corrected chi connectivity index (χ3v) is 16.6. The zero-order valence-corrected chi connectivity index (χ0v) is 36.5. The zero-order valence-electron chi connectivity index (χ0n) is 36.5. The van der Waals surface area contributed by atoms with Gasteiger partial charge in [-0.05, 0) is 202 Å². The van der Waals surface area contributed by atoms with Gasteiger partial charge in [-0.2, -0.15) is 0 Å². The lowest BCUT2D eigenvalue weighted by atomic mass is 9.75. The maximum atomic E-state index is 2.57. The summed E-state index contributed by atoms with van der Waals surface area (Å²) in [4.78, 5) is 5.11. The van der Waals surface area contributed by atoms with Crippen molar-refractivity contribution in [1.82, 2.24) is 0 Å². The second-order valence-corrected chi connectivity index (χ2v) is 19.7. The van der Waals surface area contributed by atoms with Crippen molar-refractivity contribution in [3.05, 3.63) is 214 Å². The number of aryl methyl sites for hydroxylation is 4. The molecule has 2 fully saturated rings. The molecule has 310 valence electrons. The number of para-hydroxylation sites is 2. The van der Waals surface area contributed by atoms with Crippen LogP contribution in [0.3, 0.4) is 0 Å². The fraction of sp³-hybridized carbons (Fsp3) is 0.226. The first-order chi connectivity index (χ1) is 31.7. The van der Waals surface area contributed by atoms with Gasteiger partial charge < -0.3 is 9.80 Å². The average Bonchev–Trinajstić information content (AvgIpc) is 4.16. The number of benzene rings is 8. The number of fused-ring (bicyclic) bond motifs is 10. The van der Waals surface area contributed by atoms with Gasteiger partial charge in [0.2, 0.25) is 0 Å². The van der Waals surface area contributed by atoms with Crippen molar-refractivity contribution < 1.29 is 0 Å². The molecule has 0 saturated heterocycles. The first-order valence-corrected chi connectivity index (χ1v) is 24.2. The van der Waals surface area contributed by atoms with E-state index in [0.29, 0.717) is 0 Å². The Morgan fingerprint density at radius 2 is 0.625 bits per heavy atom. The molecule has 8 aromatic carbocycles. The summed E-state index contributed by atoms with van der Waals surface area (Å²) in [5.74, 6) is 0. The molecule has 0 atom stereocenters. The molecule has 2 spiro atoms. The average molecular weight is 825 g/mol. The molecule has 6 aliphatic rings. The zero-order chi connectivity index (χ0) is 42.0. The first-order valence-electron chi connectivity index (χ1n) is 24.2. The van der Waals surface area contributed by atoms with E-state index in [1.54, 1.807) is 11.1 Å². The van der Waals surface area contributed by atoms with E-state index >= 15 is 0 Å². The number of anilines is 6. The molecule has 14 rings (SSSR count). The number of hydrogen-bond donors (Lipinski definition) is 0. The van der Waals surface area contributed by atoms with Crippen LogP contribution < -0.4 is 9.80 Å². The third-order valence-electron chi connectivity index (χ3n) is 16.6. The van der Waals surface area contributed by atoms with Crippen molar-refractivity contribution >= 4 is 34.1 Å². The molecule has 0 radical (unpaired) electrons. The van der Waals surface area contributed by atoms with Gasteiger partial charge in [0.15, 0.2) is 0 Å². The van der Waals surface area contributed by atoms with Crippen LogP contribution in [-0.2, 0) is 36.5 Å². The molecule has 6 aliphatic carbocycles. The van der Waals surface area contributed by atoms with Gasteiger partial charge in [0.05, 0.1) is 0 Å². The van der Waals surface area contributed by atoms with Gasteiger partial charge in [0.25, 0.3) is 0 Å². The van der Waals surface area contributed by atoms with Crippen LogP contribution in [0.25, 0.3) is 33.4 Å². The SMILES string of the molecule is c1ccc(N(c2cc3c4c(c2)CCc2cc(N(c5ccccc5)c5ccc6c(c5)C5(CCCC5)c5ccccc5-6)cc(c2-4)CC3)c2ccc3c(c2)C2(CCCC2)c2ccccc2-3)cc1. The molecule has 2 nitrogen and oxygen atoms in total. The van der Waals surface area contributed by atoms with Gasteiger partial charge in [-0.3, -0.25) is 0 Å². The predicted molar refractivity (Wildman–Crippen MR) is 265 cm³/mol. The van der Waals surface area contributed by atoms with E-state index < -0.39 is 0 Å². The summed E-state index contributed by atoms with van der Waals surface area (Å²) >= 11 is 0. The van der Waals surface area contributed by atoms with Gasteiger partial charge >= 0.3 is 0 Å². The Hall–Kier alpha value is -6.64. The van der Waals surface area contributed by atoms with E-state index in [1.807, 2.05) is 0 Å². The van der Waals surface area contributed by atoms with Crippen molar-refractivity contribution in [1.29, 1.82) is 0 Å². The number of rotatable bonds is 6. The van der Waals surface area contributed by atoms with Crippen LogP contribution in [0.2, 0.25) is 0 Å². The van der Waals surface area contributed by atoms with Crippen molar-refractivity contribution in [3.8, 4) is 33.4 Å². The van der Waals surface area contributed by atoms with Crippen molar-refractivity contribution in [2.45, 2.75) is 87.9 Å². The minimum Gasteiger partial charge on any atom is -0.310 e. The summed E-state index contributed by atoms with van der Waals surface area (Å²) in [5, 5.41) is 0. The van der Waals surface area contributed by atoms with E-state index in [2.05, 4.69) is 180 Å². The van der Waals surface area contributed by atoms with E-state index in [9.17, 15) is 0 Å². The summed E-state index contributed by atoms with van der Waals surface area (Å²) in [6, 6.07) is 65.7. The Morgan fingerprint density at radius 3 is 1.02 bits per heavy atom. The van der Waals surface area contributed by atoms with E-state index in [0.717, 1.165) is 25.7 Å². The normalized spacial score (nSPS) is 17.2. The molecule has 8 aromatic rings. The molecule has 0 N–H and O–H groups in total. The smallest absolute Gasteiger partial charge is 0.0467 e. The highest BCUT2D eigenvalue weighted by Gasteiger charge is 2.46. The third kappa shape index (κ3) is 5.20. The minimum atomic E-state index is 0.131. The fourth-order valence-electron chi connectivity index (χ4n) is 14.0. The van der Waals surface area contributed by atoms with E-state index in [-0.39, 0.29) is 10.8 Å². The molecule has 0 bridgehead atoms. The molecule has 0 heterocycles. The second kappa shape index (κ2) is 13.9. The maximum absolute atomic E-state index is 2.57. The summed E-state index contributed by atoms with van der Waals surface area (Å²) in [7, 11) is 0. The number of nitrogens with zero attached hydrogens (tertiary/aromatic N) is 2. The van der Waals surface area contributed by atoms with Crippen LogP contribution in [0.1, 0.15) is 95.9 Å². The van der Waals surface area contributed by atoms with Crippen LogP contribution in [0, 0.1) is 0 Å². The van der Waals surface area contributed by atoms with Gasteiger partial charge in [-0.1, -0.05) is 123 Å². The van der Waals surface area contributed by atoms with Crippen LogP contribution in [0.4, 0.5) is 34.1 Å². The topological polar surface area (TPSA) is 6.48 Å². The van der Waals surface area contributed by atoms with Gasteiger partial charge in [0.1, 0.15) is 0 Å². The Bertz CT molecular complexity index is 2920. The first kappa shape index (κ1) is 36.8. The predicted octanol–water partition coefficient (Wildman–Crippen LogP) is 16.2. The van der Waals surface area contributed by atoms with Gasteiger partial charge in [-0.15, -0.1) is 0 Å². The van der Waals surface area contributed by atoms with Gasteiger partial charge in [0, 0.05) is 45.0 Å². The summed E-state index contributed by atoms with van der Waals surface area (Å²) in [5.41, 5.74) is 28.7. The summed E-state index contributed by atoms with van der Waals surface area (Å²) in [6.45, 7) is 0. The van der Waals surface area contributed by atoms with Gasteiger partial charge in [-0.25, -0.2) is 0 Å². The van der Waals surface area contributed by atoms with Crippen molar-refractivity contribution in [3.63, 3.8) is 0 Å². The quantitative estimate of drug-likeness (QED) is 0.165. The Labute approximate surface area is 377 Å².